The van der Waals surface area contributed by atoms with Crippen LogP contribution in [-0.4, -0.2) is 11.7 Å². The lowest BCUT2D eigenvalue weighted by Gasteiger charge is -2.04. The molecule has 2 aromatic carbocycles. The van der Waals surface area contributed by atoms with Crippen LogP contribution in [0.2, 0.25) is 0 Å². The van der Waals surface area contributed by atoms with Gasteiger partial charge in [0.1, 0.15) is 0 Å². The molecule has 0 aliphatic rings. The van der Waals surface area contributed by atoms with Crippen LogP contribution in [0.4, 0.5) is 0 Å². The topological polar surface area (TPSA) is 44.0 Å². The second kappa shape index (κ2) is 5.29. The van der Waals surface area contributed by atoms with Gasteiger partial charge in [-0.05, 0) is 35.2 Å². The van der Waals surface area contributed by atoms with Crippen LogP contribution in [-0.2, 0) is 6.42 Å². The Balaban J connectivity index is 2.30. The van der Waals surface area contributed by atoms with Gasteiger partial charge in [0.05, 0.1) is 11.6 Å². The summed E-state index contributed by atoms with van der Waals surface area (Å²) in [5.74, 6) is 0. The Morgan fingerprint density at radius 1 is 1.00 bits per heavy atom. The summed E-state index contributed by atoms with van der Waals surface area (Å²) in [7, 11) is 0. The van der Waals surface area contributed by atoms with Crippen LogP contribution in [0.5, 0.6) is 0 Å². The number of benzene rings is 2. The standard InChI is InChI=1S/C15H13NO/c16-11-13-2-1-3-15(10-13)14-6-4-12(5-7-14)8-9-17/h1-7,10,17H,8-9H2. The summed E-state index contributed by atoms with van der Waals surface area (Å²) in [5.41, 5.74) is 3.91. The molecule has 0 fully saturated rings. The van der Waals surface area contributed by atoms with Gasteiger partial charge >= 0.3 is 0 Å². The van der Waals surface area contributed by atoms with E-state index in [9.17, 15) is 0 Å². The van der Waals surface area contributed by atoms with E-state index in [1.807, 2.05) is 42.5 Å². The molecule has 2 heteroatoms. The Kier molecular flexibility index (Phi) is 3.54. The van der Waals surface area contributed by atoms with E-state index in [4.69, 9.17) is 10.4 Å². The van der Waals surface area contributed by atoms with Crippen LogP contribution in [0.1, 0.15) is 11.1 Å². The van der Waals surface area contributed by atoms with Crippen molar-refractivity contribution in [3.8, 4) is 17.2 Å². The zero-order chi connectivity index (χ0) is 12.1. The molecule has 0 aromatic heterocycles. The summed E-state index contributed by atoms with van der Waals surface area (Å²) < 4.78 is 0. The molecule has 0 heterocycles. The second-order valence-electron chi connectivity index (χ2n) is 3.86. The van der Waals surface area contributed by atoms with Crippen molar-refractivity contribution in [2.24, 2.45) is 0 Å². The van der Waals surface area contributed by atoms with E-state index in [0.717, 1.165) is 16.7 Å². The van der Waals surface area contributed by atoms with E-state index in [-0.39, 0.29) is 6.61 Å². The third-order valence-corrected chi connectivity index (χ3v) is 2.68. The first kappa shape index (κ1) is 11.4. The lowest BCUT2D eigenvalue weighted by Crippen LogP contribution is -1.89. The van der Waals surface area contributed by atoms with Crippen molar-refractivity contribution in [1.29, 1.82) is 5.26 Å². The Morgan fingerprint density at radius 3 is 2.41 bits per heavy atom. The number of hydrogen-bond acceptors (Lipinski definition) is 2. The Hall–Kier alpha value is -2.11. The Bertz CT molecular complexity index is 538. The maximum Gasteiger partial charge on any atom is 0.0991 e. The highest BCUT2D eigenvalue weighted by atomic mass is 16.2. The smallest absolute Gasteiger partial charge is 0.0991 e. The predicted octanol–water partition coefficient (Wildman–Crippen LogP) is 2.76. The minimum Gasteiger partial charge on any atom is -0.396 e. The molecule has 84 valence electrons. The van der Waals surface area contributed by atoms with Crippen molar-refractivity contribution in [3.63, 3.8) is 0 Å². The number of hydrogen-bond donors (Lipinski definition) is 1. The van der Waals surface area contributed by atoms with Crippen molar-refractivity contribution in [1.82, 2.24) is 0 Å². The predicted molar refractivity (Wildman–Crippen MR) is 67.4 cm³/mol. The molecule has 0 radical (unpaired) electrons. The number of rotatable bonds is 3. The number of aliphatic hydroxyl groups is 1. The highest BCUT2D eigenvalue weighted by Crippen LogP contribution is 2.20. The zero-order valence-electron chi connectivity index (χ0n) is 9.43. The number of aliphatic hydroxyl groups excluding tert-OH is 1. The quantitative estimate of drug-likeness (QED) is 0.869. The van der Waals surface area contributed by atoms with Crippen molar-refractivity contribution < 1.29 is 5.11 Å². The first-order chi connectivity index (χ1) is 8.33. The highest BCUT2D eigenvalue weighted by Gasteiger charge is 1.99. The molecule has 2 aromatic rings. The molecule has 0 saturated heterocycles. The largest absolute Gasteiger partial charge is 0.396 e. The lowest BCUT2D eigenvalue weighted by molar-refractivity contribution is 0.299. The molecule has 0 amide bonds. The van der Waals surface area contributed by atoms with Gasteiger partial charge < -0.3 is 5.11 Å². The average molecular weight is 223 g/mol. The van der Waals surface area contributed by atoms with Crippen molar-refractivity contribution >= 4 is 0 Å². The molecular formula is C15H13NO. The van der Waals surface area contributed by atoms with E-state index in [1.165, 1.54) is 0 Å². The molecule has 0 saturated carbocycles. The van der Waals surface area contributed by atoms with Gasteiger partial charge in [-0.1, -0.05) is 36.4 Å². The fourth-order valence-electron chi connectivity index (χ4n) is 1.76. The van der Waals surface area contributed by atoms with Crippen LogP contribution in [0.15, 0.2) is 48.5 Å². The first-order valence-corrected chi connectivity index (χ1v) is 5.54. The van der Waals surface area contributed by atoms with Crippen molar-refractivity contribution in [3.05, 3.63) is 59.7 Å². The maximum absolute atomic E-state index is 8.85. The van der Waals surface area contributed by atoms with Crippen LogP contribution in [0, 0.1) is 11.3 Å². The minimum absolute atomic E-state index is 0.170. The Labute approximate surface area is 101 Å². The summed E-state index contributed by atoms with van der Waals surface area (Å²) in [6, 6.07) is 17.7. The monoisotopic (exact) mass is 223 g/mol. The minimum atomic E-state index is 0.170. The van der Waals surface area contributed by atoms with Crippen molar-refractivity contribution in [2.75, 3.05) is 6.61 Å². The van der Waals surface area contributed by atoms with Crippen LogP contribution >= 0.6 is 0 Å². The summed E-state index contributed by atoms with van der Waals surface area (Å²) in [4.78, 5) is 0. The molecule has 0 bridgehead atoms. The van der Waals surface area contributed by atoms with Gasteiger partial charge in [-0.25, -0.2) is 0 Å². The molecule has 2 rings (SSSR count). The van der Waals surface area contributed by atoms with Crippen LogP contribution < -0.4 is 0 Å². The molecule has 2 nitrogen and oxygen atoms in total. The fourth-order valence-corrected chi connectivity index (χ4v) is 1.76. The highest BCUT2D eigenvalue weighted by molar-refractivity contribution is 5.65. The Morgan fingerprint density at radius 2 is 1.76 bits per heavy atom. The molecule has 17 heavy (non-hydrogen) atoms. The summed E-state index contributed by atoms with van der Waals surface area (Å²) in [6.07, 6.45) is 0.679. The van der Waals surface area contributed by atoms with Crippen molar-refractivity contribution in [2.45, 2.75) is 6.42 Å². The van der Waals surface area contributed by atoms with Gasteiger partial charge in [-0.3, -0.25) is 0 Å². The summed E-state index contributed by atoms with van der Waals surface area (Å²) >= 11 is 0. The molecular weight excluding hydrogens is 210 g/mol. The van der Waals surface area contributed by atoms with Gasteiger partial charge in [0.25, 0.3) is 0 Å². The van der Waals surface area contributed by atoms with Crippen LogP contribution in [0.3, 0.4) is 0 Å². The first-order valence-electron chi connectivity index (χ1n) is 5.54. The second-order valence-corrected chi connectivity index (χ2v) is 3.86. The lowest BCUT2D eigenvalue weighted by atomic mass is 10.0. The SMILES string of the molecule is N#Cc1cccc(-c2ccc(CCO)cc2)c1. The zero-order valence-corrected chi connectivity index (χ0v) is 9.43. The molecule has 0 aliphatic carbocycles. The maximum atomic E-state index is 8.85. The number of nitriles is 1. The van der Waals surface area contributed by atoms with Gasteiger partial charge in [0, 0.05) is 6.61 Å². The van der Waals surface area contributed by atoms with Gasteiger partial charge in [0.15, 0.2) is 0 Å². The molecule has 1 N–H and O–H groups in total. The van der Waals surface area contributed by atoms with E-state index < -0.39 is 0 Å². The third-order valence-electron chi connectivity index (χ3n) is 2.68. The third kappa shape index (κ3) is 2.72. The van der Waals surface area contributed by atoms with E-state index >= 15 is 0 Å². The normalized spacial score (nSPS) is 9.88. The van der Waals surface area contributed by atoms with Gasteiger partial charge in [-0.15, -0.1) is 0 Å². The molecule has 0 aliphatic heterocycles. The molecule has 0 unspecified atom stereocenters. The van der Waals surface area contributed by atoms with E-state index in [0.29, 0.717) is 12.0 Å². The fraction of sp³-hybridized carbons (Fsp3) is 0.133. The molecule has 0 atom stereocenters. The van der Waals surface area contributed by atoms with E-state index in [1.54, 1.807) is 6.07 Å². The summed E-state index contributed by atoms with van der Waals surface area (Å²) in [5, 5.41) is 17.7. The average Bonchev–Trinajstić information content (AvgIpc) is 2.40. The summed E-state index contributed by atoms with van der Waals surface area (Å²) in [6.45, 7) is 0.170. The van der Waals surface area contributed by atoms with Gasteiger partial charge in [-0.2, -0.15) is 5.26 Å². The van der Waals surface area contributed by atoms with Crippen LogP contribution in [0.25, 0.3) is 11.1 Å². The van der Waals surface area contributed by atoms with E-state index in [2.05, 4.69) is 6.07 Å². The van der Waals surface area contributed by atoms with Gasteiger partial charge in [0.2, 0.25) is 0 Å². The molecule has 0 spiro atoms. The number of nitrogens with zero attached hydrogens (tertiary/aromatic N) is 1.